The van der Waals surface area contributed by atoms with Gasteiger partial charge in [-0.15, -0.1) is 0 Å². The van der Waals surface area contributed by atoms with Crippen molar-refractivity contribution in [3.63, 3.8) is 0 Å². The highest BCUT2D eigenvalue weighted by Gasteiger charge is 2.20. The molecule has 0 heterocycles. The Morgan fingerprint density at radius 2 is 2.00 bits per heavy atom. The predicted octanol–water partition coefficient (Wildman–Crippen LogP) is 7.46. The van der Waals surface area contributed by atoms with E-state index in [1.54, 1.807) is 12.1 Å². The molecule has 2 rings (SSSR count). The highest BCUT2D eigenvalue weighted by atomic mass is 19.2. The second-order valence-electron chi connectivity index (χ2n) is 7.16. The van der Waals surface area contributed by atoms with Gasteiger partial charge in [0.25, 0.3) is 0 Å². The van der Waals surface area contributed by atoms with Crippen molar-refractivity contribution in [3.8, 4) is 5.75 Å². The summed E-state index contributed by atoms with van der Waals surface area (Å²) in [6.45, 7) is 4.61. The molecule has 0 aromatic heterocycles. The van der Waals surface area contributed by atoms with Crippen LogP contribution in [0.4, 0.5) is 8.78 Å². The van der Waals surface area contributed by atoms with Crippen LogP contribution in [0, 0.1) is 17.6 Å². The molecule has 0 radical (unpaired) electrons. The molecule has 1 aliphatic carbocycles. The fourth-order valence-corrected chi connectivity index (χ4v) is 3.50. The van der Waals surface area contributed by atoms with Gasteiger partial charge in [-0.3, -0.25) is 0 Å². The van der Waals surface area contributed by atoms with E-state index in [4.69, 9.17) is 4.74 Å². The zero-order valence-corrected chi connectivity index (χ0v) is 16.2. The summed E-state index contributed by atoms with van der Waals surface area (Å²) in [4.78, 5) is 0. The van der Waals surface area contributed by atoms with E-state index < -0.39 is 11.6 Å². The van der Waals surface area contributed by atoms with Crippen molar-refractivity contribution in [2.24, 2.45) is 5.92 Å². The van der Waals surface area contributed by atoms with E-state index in [2.05, 4.69) is 25.2 Å². The Balaban J connectivity index is 1.95. The Morgan fingerprint density at radius 3 is 2.69 bits per heavy atom. The van der Waals surface area contributed by atoms with E-state index in [9.17, 15) is 8.78 Å². The minimum Gasteiger partial charge on any atom is -0.490 e. The highest BCUT2D eigenvalue weighted by molar-refractivity contribution is 5.67. The van der Waals surface area contributed by atoms with Crippen molar-refractivity contribution in [2.75, 3.05) is 6.61 Å². The van der Waals surface area contributed by atoms with Crippen molar-refractivity contribution < 1.29 is 13.5 Å². The Bertz CT molecular complexity index is 619. The van der Waals surface area contributed by atoms with Gasteiger partial charge in [-0.25, -0.2) is 4.39 Å². The van der Waals surface area contributed by atoms with Gasteiger partial charge in [0.15, 0.2) is 11.6 Å². The van der Waals surface area contributed by atoms with Gasteiger partial charge in [-0.05, 0) is 69.1 Å². The molecular formula is C23H32F2O. The van der Waals surface area contributed by atoms with Gasteiger partial charge in [0.2, 0.25) is 5.82 Å². The fourth-order valence-electron chi connectivity index (χ4n) is 3.50. The Hall–Kier alpha value is -1.64. The zero-order chi connectivity index (χ0) is 18.8. The number of unbranched alkanes of at least 4 members (excludes halogenated alkanes) is 3. The highest BCUT2D eigenvalue weighted by Crippen LogP contribution is 2.35. The van der Waals surface area contributed by atoms with Crippen LogP contribution in [-0.4, -0.2) is 6.61 Å². The third-order valence-electron chi connectivity index (χ3n) is 5.15. The molecule has 1 aromatic carbocycles. The lowest BCUT2D eigenvalue weighted by atomic mass is 9.84. The maximum atomic E-state index is 14.5. The second-order valence-corrected chi connectivity index (χ2v) is 7.16. The lowest BCUT2D eigenvalue weighted by Gasteiger charge is -2.22. The summed E-state index contributed by atoms with van der Waals surface area (Å²) in [7, 11) is 0. The number of rotatable bonds is 10. The number of allylic oxidation sites excluding steroid dienone is 4. The van der Waals surface area contributed by atoms with Crippen LogP contribution in [0.15, 0.2) is 30.4 Å². The Labute approximate surface area is 157 Å². The van der Waals surface area contributed by atoms with Crippen LogP contribution < -0.4 is 4.74 Å². The normalized spacial score (nSPS) is 17.5. The SMILES string of the molecule is C/C=C/CCC1CC=C(c2ccc(OCCCCCC)c(F)c2F)CC1. The first-order chi connectivity index (χ1) is 12.7. The van der Waals surface area contributed by atoms with Crippen molar-refractivity contribution >= 4 is 5.57 Å². The molecule has 0 spiro atoms. The molecule has 0 saturated carbocycles. The molecule has 1 aromatic rings. The lowest BCUT2D eigenvalue weighted by molar-refractivity contribution is 0.285. The van der Waals surface area contributed by atoms with Crippen LogP contribution in [0.2, 0.25) is 0 Å². The van der Waals surface area contributed by atoms with Crippen molar-refractivity contribution in [3.05, 3.63) is 47.6 Å². The summed E-state index contributed by atoms with van der Waals surface area (Å²) < 4.78 is 34.3. The minimum absolute atomic E-state index is 0.0309. The van der Waals surface area contributed by atoms with Crippen molar-refractivity contribution in [1.29, 1.82) is 0 Å². The lowest BCUT2D eigenvalue weighted by Crippen LogP contribution is -2.07. The summed E-state index contributed by atoms with van der Waals surface area (Å²) in [6.07, 6.45) is 15.6. The van der Waals surface area contributed by atoms with Gasteiger partial charge >= 0.3 is 0 Å². The summed E-state index contributed by atoms with van der Waals surface area (Å²) in [5, 5.41) is 0. The predicted molar refractivity (Wildman–Crippen MR) is 105 cm³/mol. The number of halogens is 2. The molecule has 1 nitrogen and oxygen atoms in total. The quantitative estimate of drug-likeness (QED) is 0.310. The van der Waals surface area contributed by atoms with Crippen LogP contribution >= 0.6 is 0 Å². The molecule has 1 aliphatic rings. The van der Waals surface area contributed by atoms with Gasteiger partial charge < -0.3 is 4.74 Å². The van der Waals surface area contributed by atoms with Gasteiger partial charge in [0, 0.05) is 5.56 Å². The monoisotopic (exact) mass is 362 g/mol. The van der Waals surface area contributed by atoms with E-state index in [0.29, 0.717) is 18.1 Å². The van der Waals surface area contributed by atoms with Crippen LogP contribution in [0.5, 0.6) is 5.75 Å². The first kappa shape index (κ1) is 20.7. The maximum Gasteiger partial charge on any atom is 0.201 e. The second kappa shape index (κ2) is 11.2. The molecule has 1 atom stereocenters. The molecule has 26 heavy (non-hydrogen) atoms. The molecule has 0 fully saturated rings. The molecule has 3 heteroatoms. The topological polar surface area (TPSA) is 9.23 Å². The first-order valence-corrected chi connectivity index (χ1v) is 10.1. The summed E-state index contributed by atoms with van der Waals surface area (Å²) in [6, 6.07) is 3.25. The largest absolute Gasteiger partial charge is 0.490 e. The van der Waals surface area contributed by atoms with Crippen molar-refractivity contribution in [1.82, 2.24) is 0 Å². The zero-order valence-electron chi connectivity index (χ0n) is 16.2. The van der Waals surface area contributed by atoms with E-state index in [0.717, 1.165) is 63.4 Å². The van der Waals surface area contributed by atoms with Gasteiger partial charge in [0.05, 0.1) is 6.61 Å². The van der Waals surface area contributed by atoms with Gasteiger partial charge in [0.1, 0.15) is 0 Å². The molecular weight excluding hydrogens is 330 g/mol. The molecule has 0 amide bonds. The Kier molecular flexibility index (Phi) is 8.87. The molecule has 0 N–H and O–H groups in total. The number of benzene rings is 1. The molecule has 0 bridgehead atoms. The number of hydrogen-bond acceptors (Lipinski definition) is 1. The number of ether oxygens (including phenoxy) is 1. The average Bonchev–Trinajstić information content (AvgIpc) is 2.66. The van der Waals surface area contributed by atoms with Crippen LogP contribution in [0.1, 0.15) is 77.2 Å². The summed E-state index contributed by atoms with van der Waals surface area (Å²) in [5.41, 5.74) is 1.32. The van der Waals surface area contributed by atoms with Crippen LogP contribution in [-0.2, 0) is 0 Å². The van der Waals surface area contributed by atoms with Crippen LogP contribution in [0.25, 0.3) is 5.57 Å². The van der Waals surface area contributed by atoms with E-state index >= 15 is 0 Å². The van der Waals surface area contributed by atoms with Crippen LogP contribution in [0.3, 0.4) is 0 Å². The molecule has 1 unspecified atom stereocenters. The number of hydrogen-bond donors (Lipinski definition) is 0. The third kappa shape index (κ3) is 5.96. The maximum absolute atomic E-state index is 14.5. The van der Waals surface area contributed by atoms with Gasteiger partial charge in [-0.1, -0.05) is 44.4 Å². The molecule has 0 aliphatic heterocycles. The molecule has 0 saturated heterocycles. The van der Waals surface area contributed by atoms with Crippen molar-refractivity contribution in [2.45, 2.75) is 71.6 Å². The standard InChI is InChI=1S/C23H32F2O/c1-3-5-7-9-17-26-21-16-15-20(22(24)23(21)25)19-13-11-18(12-14-19)10-8-6-4-2/h4,6,13,15-16,18H,3,5,7-12,14,17H2,1-2H3/b6-4+. The molecule has 144 valence electrons. The van der Waals surface area contributed by atoms with Gasteiger partial charge in [-0.2, -0.15) is 4.39 Å². The van der Waals surface area contributed by atoms with E-state index in [-0.39, 0.29) is 5.75 Å². The fraction of sp³-hybridized carbons (Fsp3) is 0.565. The smallest absolute Gasteiger partial charge is 0.201 e. The first-order valence-electron chi connectivity index (χ1n) is 10.1. The van der Waals surface area contributed by atoms with E-state index in [1.165, 1.54) is 0 Å². The Morgan fingerprint density at radius 1 is 1.15 bits per heavy atom. The van der Waals surface area contributed by atoms with E-state index in [1.807, 2.05) is 6.92 Å². The summed E-state index contributed by atoms with van der Waals surface area (Å²) in [5.74, 6) is -0.944. The minimum atomic E-state index is -0.853. The summed E-state index contributed by atoms with van der Waals surface area (Å²) >= 11 is 0. The average molecular weight is 363 g/mol. The third-order valence-corrected chi connectivity index (χ3v) is 5.15.